The van der Waals surface area contributed by atoms with Crippen molar-refractivity contribution in [2.75, 3.05) is 0 Å². The first-order valence-electron chi connectivity index (χ1n) is 7.27. The Bertz CT molecular complexity index is 372. The van der Waals surface area contributed by atoms with Crippen molar-refractivity contribution >= 4 is 11.9 Å². The molecule has 3 atom stereocenters. The van der Waals surface area contributed by atoms with Crippen LogP contribution in [0.4, 0.5) is 0 Å². The van der Waals surface area contributed by atoms with Gasteiger partial charge >= 0.3 is 5.97 Å². The molecule has 0 saturated heterocycles. The van der Waals surface area contributed by atoms with Crippen LogP contribution in [0.2, 0.25) is 0 Å². The smallest absolute Gasteiger partial charge is 0.307 e. The highest BCUT2D eigenvalue weighted by Crippen LogP contribution is 2.29. The molecule has 0 heterocycles. The van der Waals surface area contributed by atoms with Crippen molar-refractivity contribution in [1.29, 1.82) is 0 Å². The summed E-state index contributed by atoms with van der Waals surface area (Å²) in [6, 6.07) is 0.162. The second kappa shape index (κ2) is 6.22. The van der Waals surface area contributed by atoms with Gasteiger partial charge in [-0.1, -0.05) is 25.0 Å². The summed E-state index contributed by atoms with van der Waals surface area (Å²) in [6.07, 6.45) is 9.63. The van der Waals surface area contributed by atoms with E-state index in [-0.39, 0.29) is 11.9 Å². The SMILES string of the molecule is CC(NC(=O)[C@@H]1CC=CC[C@@H]1C(=O)O)C1CCCC1. The Balaban J connectivity index is 1.94. The van der Waals surface area contributed by atoms with Crippen molar-refractivity contribution in [3.05, 3.63) is 12.2 Å². The number of hydrogen-bond donors (Lipinski definition) is 2. The van der Waals surface area contributed by atoms with Crippen molar-refractivity contribution in [1.82, 2.24) is 5.32 Å². The van der Waals surface area contributed by atoms with Gasteiger partial charge in [0.1, 0.15) is 0 Å². The summed E-state index contributed by atoms with van der Waals surface area (Å²) in [4.78, 5) is 23.5. The van der Waals surface area contributed by atoms with E-state index in [1.165, 1.54) is 25.7 Å². The number of carboxylic acid groups (broad SMARTS) is 1. The number of aliphatic carboxylic acids is 1. The summed E-state index contributed by atoms with van der Waals surface area (Å²) >= 11 is 0. The first-order chi connectivity index (χ1) is 9.09. The number of amides is 1. The van der Waals surface area contributed by atoms with Crippen molar-refractivity contribution in [3.8, 4) is 0 Å². The van der Waals surface area contributed by atoms with Crippen LogP contribution in [0.15, 0.2) is 12.2 Å². The second-order valence-electron chi connectivity index (χ2n) is 5.84. The fourth-order valence-corrected chi connectivity index (χ4v) is 3.28. The molecule has 0 bridgehead atoms. The maximum Gasteiger partial charge on any atom is 0.307 e. The van der Waals surface area contributed by atoms with E-state index in [2.05, 4.69) is 5.32 Å². The lowest BCUT2D eigenvalue weighted by Gasteiger charge is -2.27. The summed E-state index contributed by atoms with van der Waals surface area (Å²) < 4.78 is 0. The molecule has 2 aliphatic carbocycles. The predicted octanol–water partition coefficient (Wildman–Crippen LogP) is 2.35. The van der Waals surface area contributed by atoms with Crippen LogP contribution in [0, 0.1) is 17.8 Å². The molecule has 1 amide bonds. The molecule has 1 saturated carbocycles. The zero-order chi connectivity index (χ0) is 13.8. The second-order valence-corrected chi connectivity index (χ2v) is 5.84. The first-order valence-corrected chi connectivity index (χ1v) is 7.27. The molecule has 2 N–H and O–H groups in total. The van der Waals surface area contributed by atoms with Gasteiger partial charge in [0.2, 0.25) is 5.91 Å². The number of carbonyl (C=O) groups excluding carboxylic acids is 1. The third-order valence-electron chi connectivity index (χ3n) is 4.56. The van der Waals surface area contributed by atoms with Gasteiger partial charge in [0, 0.05) is 6.04 Å². The summed E-state index contributed by atoms with van der Waals surface area (Å²) in [6.45, 7) is 2.04. The van der Waals surface area contributed by atoms with Gasteiger partial charge < -0.3 is 10.4 Å². The van der Waals surface area contributed by atoms with Crippen LogP contribution < -0.4 is 5.32 Å². The van der Waals surface area contributed by atoms with E-state index >= 15 is 0 Å². The summed E-state index contributed by atoms with van der Waals surface area (Å²) in [7, 11) is 0. The number of rotatable bonds is 4. The third-order valence-corrected chi connectivity index (χ3v) is 4.56. The molecule has 0 radical (unpaired) electrons. The Hall–Kier alpha value is -1.32. The van der Waals surface area contributed by atoms with Gasteiger partial charge in [-0.3, -0.25) is 9.59 Å². The minimum Gasteiger partial charge on any atom is -0.481 e. The molecule has 1 unspecified atom stereocenters. The van der Waals surface area contributed by atoms with E-state index in [4.69, 9.17) is 0 Å². The summed E-state index contributed by atoms with van der Waals surface area (Å²) in [5.74, 6) is -1.37. The molecule has 0 aromatic carbocycles. The van der Waals surface area contributed by atoms with E-state index in [1.807, 2.05) is 19.1 Å². The molecule has 4 heteroatoms. The van der Waals surface area contributed by atoms with E-state index in [9.17, 15) is 14.7 Å². The van der Waals surface area contributed by atoms with Crippen LogP contribution in [0.25, 0.3) is 0 Å². The highest BCUT2D eigenvalue weighted by atomic mass is 16.4. The van der Waals surface area contributed by atoms with Crippen LogP contribution in [-0.4, -0.2) is 23.0 Å². The molecule has 2 aliphatic rings. The number of carbonyl (C=O) groups is 2. The summed E-state index contributed by atoms with van der Waals surface area (Å²) in [5, 5.41) is 12.2. The van der Waals surface area contributed by atoms with Crippen molar-refractivity contribution in [2.24, 2.45) is 17.8 Å². The Morgan fingerprint density at radius 3 is 2.32 bits per heavy atom. The van der Waals surface area contributed by atoms with Crippen molar-refractivity contribution in [2.45, 2.75) is 51.5 Å². The molecule has 2 rings (SSSR count). The quantitative estimate of drug-likeness (QED) is 0.767. The first kappa shape index (κ1) is 14.1. The molecular formula is C15H23NO3. The van der Waals surface area contributed by atoms with E-state index in [1.54, 1.807) is 0 Å². The van der Waals surface area contributed by atoms with Gasteiger partial charge in [-0.05, 0) is 38.5 Å². The number of allylic oxidation sites excluding steroid dienone is 2. The molecule has 19 heavy (non-hydrogen) atoms. The fraction of sp³-hybridized carbons (Fsp3) is 0.733. The van der Waals surface area contributed by atoms with Crippen molar-refractivity contribution < 1.29 is 14.7 Å². The van der Waals surface area contributed by atoms with Gasteiger partial charge in [-0.25, -0.2) is 0 Å². The zero-order valence-corrected chi connectivity index (χ0v) is 11.5. The molecule has 0 aromatic rings. The van der Waals surface area contributed by atoms with Crippen LogP contribution in [0.3, 0.4) is 0 Å². The Morgan fingerprint density at radius 1 is 1.16 bits per heavy atom. The molecule has 106 valence electrons. The van der Waals surface area contributed by atoms with Crippen LogP contribution in [0.5, 0.6) is 0 Å². The topological polar surface area (TPSA) is 66.4 Å². The zero-order valence-electron chi connectivity index (χ0n) is 11.5. The van der Waals surface area contributed by atoms with Gasteiger partial charge in [0.25, 0.3) is 0 Å². The fourth-order valence-electron chi connectivity index (χ4n) is 3.28. The monoisotopic (exact) mass is 265 g/mol. The molecule has 0 aromatic heterocycles. The normalized spacial score (nSPS) is 29.1. The van der Waals surface area contributed by atoms with Crippen LogP contribution >= 0.6 is 0 Å². The molecule has 1 fully saturated rings. The summed E-state index contributed by atoms with van der Waals surface area (Å²) in [5.41, 5.74) is 0. The maximum atomic E-state index is 12.3. The van der Waals surface area contributed by atoms with Crippen molar-refractivity contribution in [3.63, 3.8) is 0 Å². The standard InChI is InChI=1S/C15H23NO3/c1-10(11-6-2-3-7-11)16-14(17)12-8-4-5-9-13(12)15(18)19/h4-5,10-13H,2-3,6-9H2,1H3,(H,16,17)(H,18,19)/t10?,12-,13+/m1/s1. The van der Waals surface area contributed by atoms with Gasteiger partial charge in [0.05, 0.1) is 11.8 Å². The average Bonchev–Trinajstić information content (AvgIpc) is 2.92. The van der Waals surface area contributed by atoms with E-state index < -0.39 is 17.8 Å². The lowest BCUT2D eigenvalue weighted by atomic mass is 9.82. The highest BCUT2D eigenvalue weighted by Gasteiger charge is 2.35. The maximum absolute atomic E-state index is 12.3. The third kappa shape index (κ3) is 3.37. The minimum absolute atomic E-state index is 0.0869. The lowest BCUT2D eigenvalue weighted by molar-refractivity contribution is -0.147. The van der Waals surface area contributed by atoms with Gasteiger partial charge in [-0.15, -0.1) is 0 Å². The Labute approximate surface area is 114 Å². The lowest BCUT2D eigenvalue weighted by Crippen LogP contribution is -2.44. The van der Waals surface area contributed by atoms with E-state index in [0.29, 0.717) is 18.8 Å². The molecule has 0 spiro atoms. The average molecular weight is 265 g/mol. The number of hydrogen-bond acceptors (Lipinski definition) is 2. The number of carboxylic acids is 1. The molecule has 0 aliphatic heterocycles. The highest BCUT2D eigenvalue weighted by molar-refractivity contribution is 5.85. The minimum atomic E-state index is -0.863. The Morgan fingerprint density at radius 2 is 1.74 bits per heavy atom. The number of nitrogens with one attached hydrogen (secondary N) is 1. The predicted molar refractivity (Wildman–Crippen MR) is 72.6 cm³/mol. The molecule has 4 nitrogen and oxygen atoms in total. The van der Waals surface area contributed by atoms with Crippen LogP contribution in [0.1, 0.15) is 45.4 Å². The largest absolute Gasteiger partial charge is 0.481 e. The molecular weight excluding hydrogens is 242 g/mol. The van der Waals surface area contributed by atoms with Gasteiger partial charge in [-0.2, -0.15) is 0 Å². The van der Waals surface area contributed by atoms with Gasteiger partial charge in [0.15, 0.2) is 0 Å². The Kier molecular flexibility index (Phi) is 4.61. The van der Waals surface area contributed by atoms with Crippen LogP contribution in [-0.2, 0) is 9.59 Å². The van der Waals surface area contributed by atoms with E-state index in [0.717, 1.165) is 0 Å².